The highest BCUT2D eigenvalue weighted by molar-refractivity contribution is 7.91. The third kappa shape index (κ3) is 1.17. The monoisotopic (exact) mass is 189 g/mol. The van der Waals surface area contributed by atoms with Crippen LogP contribution < -0.4 is 5.73 Å². The van der Waals surface area contributed by atoms with Gasteiger partial charge < -0.3 is 5.73 Å². The van der Waals surface area contributed by atoms with Crippen molar-refractivity contribution in [2.75, 3.05) is 11.5 Å². The van der Waals surface area contributed by atoms with Gasteiger partial charge in [-0.1, -0.05) is 6.42 Å². The van der Waals surface area contributed by atoms with Gasteiger partial charge in [0, 0.05) is 11.5 Å². The molecule has 1 saturated carbocycles. The maximum atomic E-state index is 11.3. The summed E-state index contributed by atoms with van der Waals surface area (Å²) in [4.78, 5) is 0. The average molecular weight is 189 g/mol. The topological polar surface area (TPSA) is 60.2 Å². The summed E-state index contributed by atoms with van der Waals surface area (Å²) in [6.45, 7) is 0. The fourth-order valence-electron chi connectivity index (χ4n) is 2.60. The van der Waals surface area contributed by atoms with Crippen LogP contribution in [0.1, 0.15) is 25.7 Å². The Bertz CT molecular complexity index is 285. The Balaban J connectivity index is 2.25. The molecule has 4 heteroatoms. The van der Waals surface area contributed by atoms with Crippen molar-refractivity contribution in [3.8, 4) is 0 Å². The van der Waals surface area contributed by atoms with Crippen molar-refractivity contribution in [1.29, 1.82) is 0 Å². The van der Waals surface area contributed by atoms with Gasteiger partial charge in [-0.25, -0.2) is 8.42 Å². The minimum Gasteiger partial charge on any atom is -0.327 e. The number of hydrogen-bond acceptors (Lipinski definition) is 3. The van der Waals surface area contributed by atoms with Crippen LogP contribution in [-0.4, -0.2) is 26.0 Å². The fraction of sp³-hybridized carbons (Fsp3) is 1.00. The molecule has 2 atom stereocenters. The minimum absolute atomic E-state index is 0.0289. The van der Waals surface area contributed by atoms with Crippen molar-refractivity contribution >= 4 is 9.84 Å². The molecule has 1 aliphatic carbocycles. The maximum absolute atomic E-state index is 11.3. The molecule has 2 aliphatic rings. The Morgan fingerprint density at radius 2 is 2.08 bits per heavy atom. The molecule has 0 aromatic carbocycles. The number of nitrogens with two attached hydrogens (primary N) is 1. The molecular formula is C8H15NO2S. The number of hydrogen-bond donors (Lipinski definition) is 1. The number of rotatable bonds is 0. The SMILES string of the molecule is NC1CCCC12CCS(=O)(=O)C2. The van der Waals surface area contributed by atoms with E-state index >= 15 is 0 Å². The second-order valence-corrected chi connectivity index (χ2v) is 6.39. The predicted octanol–water partition coefficient (Wildman–Crippen LogP) is 0.302. The van der Waals surface area contributed by atoms with Gasteiger partial charge in [-0.05, 0) is 19.3 Å². The van der Waals surface area contributed by atoms with Crippen molar-refractivity contribution in [3.63, 3.8) is 0 Å². The highest BCUT2D eigenvalue weighted by Gasteiger charge is 2.48. The van der Waals surface area contributed by atoms with Crippen molar-refractivity contribution in [2.45, 2.75) is 31.7 Å². The van der Waals surface area contributed by atoms with E-state index in [2.05, 4.69) is 0 Å². The zero-order chi connectivity index (χ0) is 8.82. The van der Waals surface area contributed by atoms with E-state index in [0.29, 0.717) is 11.5 Å². The van der Waals surface area contributed by atoms with Gasteiger partial charge >= 0.3 is 0 Å². The van der Waals surface area contributed by atoms with E-state index in [9.17, 15) is 8.42 Å². The van der Waals surface area contributed by atoms with Crippen molar-refractivity contribution in [1.82, 2.24) is 0 Å². The molecule has 0 amide bonds. The molecule has 0 radical (unpaired) electrons. The fourth-order valence-corrected chi connectivity index (χ4v) is 4.84. The van der Waals surface area contributed by atoms with E-state index in [0.717, 1.165) is 25.7 Å². The second kappa shape index (κ2) is 2.45. The Morgan fingerprint density at radius 3 is 2.50 bits per heavy atom. The van der Waals surface area contributed by atoms with Gasteiger partial charge in [0.25, 0.3) is 0 Å². The lowest BCUT2D eigenvalue weighted by molar-refractivity contribution is 0.304. The molecule has 1 aliphatic heterocycles. The Hall–Kier alpha value is -0.0900. The summed E-state index contributed by atoms with van der Waals surface area (Å²) in [6, 6.07) is 0.134. The third-order valence-corrected chi connectivity index (χ3v) is 5.24. The Kier molecular flexibility index (Phi) is 1.74. The van der Waals surface area contributed by atoms with E-state index in [-0.39, 0.29) is 11.5 Å². The molecule has 2 fully saturated rings. The Labute approximate surface area is 73.2 Å². The molecular weight excluding hydrogens is 174 g/mol. The van der Waals surface area contributed by atoms with Crippen molar-refractivity contribution < 1.29 is 8.42 Å². The lowest BCUT2D eigenvalue weighted by Crippen LogP contribution is -2.37. The van der Waals surface area contributed by atoms with Crippen LogP contribution in [0.2, 0.25) is 0 Å². The van der Waals surface area contributed by atoms with E-state index in [1.165, 1.54) is 0 Å². The molecule has 0 aromatic heterocycles. The zero-order valence-electron chi connectivity index (χ0n) is 7.12. The molecule has 2 unspecified atom stereocenters. The van der Waals surface area contributed by atoms with Crippen LogP contribution in [0.25, 0.3) is 0 Å². The molecule has 1 heterocycles. The zero-order valence-corrected chi connectivity index (χ0v) is 7.94. The van der Waals surface area contributed by atoms with Gasteiger partial charge in [-0.2, -0.15) is 0 Å². The first kappa shape index (κ1) is 8.51. The lowest BCUT2D eigenvalue weighted by Gasteiger charge is -2.26. The van der Waals surface area contributed by atoms with E-state index in [1.807, 2.05) is 0 Å². The van der Waals surface area contributed by atoms with Crippen molar-refractivity contribution in [3.05, 3.63) is 0 Å². The first-order valence-electron chi connectivity index (χ1n) is 4.50. The summed E-state index contributed by atoms with van der Waals surface area (Å²) in [7, 11) is -2.75. The average Bonchev–Trinajstić information content (AvgIpc) is 2.43. The molecule has 70 valence electrons. The van der Waals surface area contributed by atoms with Gasteiger partial charge in [0.15, 0.2) is 9.84 Å². The smallest absolute Gasteiger partial charge is 0.150 e. The van der Waals surface area contributed by atoms with Crippen LogP contribution in [0.4, 0.5) is 0 Å². The highest BCUT2D eigenvalue weighted by Crippen LogP contribution is 2.45. The first-order chi connectivity index (χ1) is 5.54. The van der Waals surface area contributed by atoms with Crippen LogP contribution in [0.3, 0.4) is 0 Å². The van der Waals surface area contributed by atoms with Gasteiger partial charge in [0.05, 0.1) is 11.5 Å². The van der Waals surface area contributed by atoms with E-state index in [1.54, 1.807) is 0 Å². The summed E-state index contributed by atoms with van der Waals surface area (Å²) < 4.78 is 22.6. The molecule has 12 heavy (non-hydrogen) atoms. The maximum Gasteiger partial charge on any atom is 0.150 e. The third-order valence-electron chi connectivity index (χ3n) is 3.39. The molecule has 2 rings (SSSR count). The normalized spacial score (nSPS) is 45.6. The predicted molar refractivity (Wildman–Crippen MR) is 47.5 cm³/mol. The van der Waals surface area contributed by atoms with Gasteiger partial charge in [-0.15, -0.1) is 0 Å². The Morgan fingerprint density at radius 1 is 1.33 bits per heavy atom. The standard InChI is InChI=1S/C8H15NO2S/c9-7-2-1-3-8(7)4-5-12(10,11)6-8/h7H,1-6,9H2. The molecule has 2 N–H and O–H groups in total. The van der Waals surface area contributed by atoms with Crippen LogP contribution in [0, 0.1) is 5.41 Å². The summed E-state index contributed by atoms with van der Waals surface area (Å²) >= 11 is 0. The molecule has 3 nitrogen and oxygen atoms in total. The van der Waals surface area contributed by atoms with Gasteiger partial charge in [0.1, 0.15) is 0 Å². The quantitative estimate of drug-likeness (QED) is 0.596. The summed E-state index contributed by atoms with van der Waals surface area (Å²) in [5, 5.41) is 0. The summed E-state index contributed by atoms with van der Waals surface area (Å²) in [5.41, 5.74) is 5.90. The lowest BCUT2D eigenvalue weighted by atomic mass is 9.83. The summed E-state index contributed by atoms with van der Waals surface area (Å²) in [6.07, 6.45) is 3.94. The van der Waals surface area contributed by atoms with Crippen LogP contribution >= 0.6 is 0 Å². The highest BCUT2D eigenvalue weighted by atomic mass is 32.2. The van der Waals surface area contributed by atoms with Crippen LogP contribution in [0.15, 0.2) is 0 Å². The number of sulfone groups is 1. The van der Waals surface area contributed by atoms with Crippen LogP contribution in [0.5, 0.6) is 0 Å². The van der Waals surface area contributed by atoms with Gasteiger partial charge in [0.2, 0.25) is 0 Å². The summed E-state index contributed by atoms with van der Waals surface area (Å²) in [5.74, 6) is 0.710. The molecule has 0 aromatic rings. The molecule has 1 saturated heterocycles. The second-order valence-electron chi connectivity index (χ2n) is 4.20. The molecule has 1 spiro atoms. The van der Waals surface area contributed by atoms with Crippen molar-refractivity contribution in [2.24, 2.45) is 11.1 Å². The van der Waals surface area contributed by atoms with Gasteiger partial charge in [-0.3, -0.25) is 0 Å². The van der Waals surface area contributed by atoms with E-state index in [4.69, 9.17) is 5.73 Å². The van der Waals surface area contributed by atoms with E-state index < -0.39 is 9.84 Å². The first-order valence-corrected chi connectivity index (χ1v) is 6.32. The van der Waals surface area contributed by atoms with Crippen LogP contribution in [-0.2, 0) is 9.84 Å². The molecule has 0 bridgehead atoms. The largest absolute Gasteiger partial charge is 0.327 e. The minimum atomic E-state index is -2.75.